The summed E-state index contributed by atoms with van der Waals surface area (Å²) in [5, 5.41) is 6.61. The molecular weight excluding hydrogens is 128 g/mol. The molecule has 2 atom stereocenters. The Bertz CT molecular complexity index is 104. The van der Waals surface area contributed by atoms with Gasteiger partial charge in [-0.15, -0.1) is 0 Å². The normalized spacial score (nSPS) is 40.8. The molecule has 2 aliphatic heterocycles. The number of rotatable bonds is 0. The van der Waals surface area contributed by atoms with Gasteiger partial charge in [0.25, 0.3) is 0 Å². The molecule has 0 aromatic heterocycles. The van der Waals surface area contributed by atoms with E-state index < -0.39 is 0 Å². The van der Waals surface area contributed by atoms with Crippen molar-refractivity contribution in [1.82, 2.24) is 20.4 Å². The predicted octanol–water partition coefficient (Wildman–Crippen LogP) is -1.37. The Kier molecular flexibility index (Phi) is 1.86. The van der Waals surface area contributed by atoms with Gasteiger partial charge >= 0.3 is 0 Å². The van der Waals surface area contributed by atoms with Crippen LogP contribution in [0.3, 0.4) is 0 Å². The average molecular weight is 142 g/mol. The van der Waals surface area contributed by atoms with Gasteiger partial charge in [-0.3, -0.25) is 20.4 Å². The molecule has 0 saturated carbocycles. The minimum atomic E-state index is 0.938. The fraction of sp³-hybridized carbons (Fsp3) is 1.00. The summed E-state index contributed by atoms with van der Waals surface area (Å²) in [6, 6.07) is 0. The van der Waals surface area contributed by atoms with Crippen molar-refractivity contribution in [1.29, 1.82) is 0 Å². The standard InChI is InChI=1S/C6H14N4/c1-2-10-5-8-3-7-4-9(1)6-10/h7-8H,1-6H2. The third-order valence-electron chi connectivity index (χ3n) is 2.05. The van der Waals surface area contributed by atoms with Gasteiger partial charge < -0.3 is 0 Å². The van der Waals surface area contributed by atoms with Crippen molar-refractivity contribution in [2.75, 3.05) is 39.8 Å². The van der Waals surface area contributed by atoms with Gasteiger partial charge in [0.2, 0.25) is 0 Å². The quantitative estimate of drug-likeness (QED) is 0.437. The average Bonchev–Trinajstić information content (AvgIpc) is 2.30. The Balaban J connectivity index is 1.91. The molecule has 2 heterocycles. The number of hydrogen-bond acceptors (Lipinski definition) is 4. The summed E-state index contributed by atoms with van der Waals surface area (Å²) in [7, 11) is 0. The lowest BCUT2D eigenvalue weighted by Gasteiger charge is -2.22. The molecule has 4 nitrogen and oxygen atoms in total. The molecule has 10 heavy (non-hydrogen) atoms. The number of hydrogen-bond donors (Lipinski definition) is 2. The minimum Gasteiger partial charge on any atom is -0.292 e. The van der Waals surface area contributed by atoms with Crippen LogP contribution >= 0.6 is 0 Å². The van der Waals surface area contributed by atoms with Crippen molar-refractivity contribution >= 4 is 0 Å². The second kappa shape index (κ2) is 2.84. The van der Waals surface area contributed by atoms with Crippen LogP contribution in [0.1, 0.15) is 0 Å². The number of nitrogens with one attached hydrogen (secondary N) is 2. The van der Waals surface area contributed by atoms with E-state index in [0.29, 0.717) is 0 Å². The summed E-state index contributed by atoms with van der Waals surface area (Å²) in [6.07, 6.45) is 0. The van der Waals surface area contributed by atoms with E-state index in [9.17, 15) is 0 Å². The summed E-state index contributed by atoms with van der Waals surface area (Å²) in [6.45, 7) is 6.56. The zero-order valence-corrected chi connectivity index (χ0v) is 6.14. The number of nitrogens with zero attached hydrogens (tertiary/aromatic N) is 2. The Morgan fingerprint density at radius 1 is 0.900 bits per heavy atom. The van der Waals surface area contributed by atoms with E-state index >= 15 is 0 Å². The molecule has 58 valence electrons. The van der Waals surface area contributed by atoms with Gasteiger partial charge in [-0.25, -0.2) is 0 Å². The van der Waals surface area contributed by atoms with E-state index in [1.54, 1.807) is 0 Å². The van der Waals surface area contributed by atoms with Crippen molar-refractivity contribution in [3.05, 3.63) is 0 Å². The summed E-state index contributed by atoms with van der Waals surface area (Å²) < 4.78 is 0. The SMILES string of the molecule is C1NCN2CCN(CN1)C2. The highest BCUT2D eigenvalue weighted by Gasteiger charge is 2.19. The first kappa shape index (κ1) is 6.54. The van der Waals surface area contributed by atoms with Crippen molar-refractivity contribution in [3.8, 4) is 0 Å². The first-order chi connectivity index (χ1) is 4.95. The summed E-state index contributed by atoms with van der Waals surface area (Å²) >= 11 is 0. The van der Waals surface area contributed by atoms with Crippen LogP contribution in [0.25, 0.3) is 0 Å². The molecule has 0 aromatic rings. The van der Waals surface area contributed by atoms with Crippen LogP contribution in [0, 0.1) is 0 Å². The molecule has 0 radical (unpaired) electrons. The second-order valence-electron chi connectivity index (χ2n) is 2.92. The lowest BCUT2D eigenvalue weighted by atomic mass is 10.6. The largest absolute Gasteiger partial charge is 0.292 e. The Morgan fingerprint density at radius 2 is 1.50 bits per heavy atom. The third-order valence-corrected chi connectivity index (χ3v) is 2.05. The second-order valence-corrected chi connectivity index (χ2v) is 2.92. The maximum Gasteiger partial charge on any atom is 0.0530 e. The molecule has 2 unspecified atom stereocenters. The minimum absolute atomic E-state index is 0.938. The van der Waals surface area contributed by atoms with Crippen molar-refractivity contribution in [2.45, 2.75) is 0 Å². The zero-order valence-electron chi connectivity index (χ0n) is 6.14. The van der Waals surface area contributed by atoms with E-state index in [2.05, 4.69) is 20.4 Å². The van der Waals surface area contributed by atoms with Gasteiger partial charge in [-0.1, -0.05) is 0 Å². The van der Waals surface area contributed by atoms with E-state index in [1.807, 2.05) is 0 Å². The first-order valence-electron chi connectivity index (χ1n) is 3.81. The van der Waals surface area contributed by atoms with Crippen LogP contribution in [0.4, 0.5) is 0 Å². The van der Waals surface area contributed by atoms with E-state index in [4.69, 9.17) is 0 Å². The van der Waals surface area contributed by atoms with E-state index in [1.165, 1.54) is 13.1 Å². The highest BCUT2D eigenvalue weighted by atomic mass is 15.4. The summed E-state index contributed by atoms with van der Waals surface area (Å²) in [5.74, 6) is 0. The first-order valence-corrected chi connectivity index (χ1v) is 3.81. The molecule has 0 aliphatic carbocycles. The Labute approximate surface area is 61.2 Å². The van der Waals surface area contributed by atoms with Crippen LogP contribution in [0.5, 0.6) is 0 Å². The van der Waals surface area contributed by atoms with Gasteiger partial charge in [-0.2, -0.15) is 0 Å². The molecule has 2 saturated heterocycles. The molecule has 2 N–H and O–H groups in total. The summed E-state index contributed by atoms with van der Waals surface area (Å²) in [4.78, 5) is 4.84. The van der Waals surface area contributed by atoms with Crippen LogP contribution in [0.15, 0.2) is 0 Å². The maximum atomic E-state index is 3.30. The van der Waals surface area contributed by atoms with Crippen LogP contribution in [-0.4, -0.2) is 49.6 Å². The highest BCUT2D eigenvalue weighted by Crippen LogP contribution is 2.02. The summed E-state index contributed by atoms with van der Waals surface area (Å²) in [5.41, 5.74) is 0. The molecule has 2 aliphatic rings. The lowest BCUT2D eigenvalue weighted by Crippen LogP contribution is -2.45. The van der Waals surface area contributed by atoms with Crippen LogP contribution in [0.2, 0.25) is 0 Å². The lowest BCUT2D eigenvalue weighted by molar-refractivity contribution is 0.196. The van der Waals surface area contributed by atoms with Gasteiger partial charge in [-0.05, 0) is 0 Å². The molecule has 0 amide bonds. The fourth-order valence-electron chi connectivity index (χ4n) is 1.48. The van der Waals surface area contributed by atoms with Gasteiger partial charge in [0.1, 0.15) is 0 Å². The molecule has 2 rings (SSSR count). The Hall–Kier alpha value is -0.160. The Morgan fingerprint density at radius 3 is 2.10 bits per heavy atom. The molecular formula is C6H14N4. The topological polar surface area (TPSA) is 30.5 Å². The highest BCUT2D eigenvalue weighted by molar-refractivity contribution is 4.71. The van der Waals surface area contributed by atoms with E-state index in [0.717, 1.165) is 26.7 Å². The molecule has 4 heteroatoms. The molecule has 2 fully saturated rings. The fourth-order valence-corrected chi connectivity index (χ4v) is 1.48. The monoisotopic (exact) mass is 142 g/mol. The molecule has 2 bridgehead atoms. The molecule has 0 spiro atoms. The number of fused-ring (bicyclic) bond motifs is 2. The van der Waals surface area contributed by atoms with Crippen LogP contribution < -0.4 is 10.6 Å². The molecule has 0 aromatic carbocycles. The maximum absolute atomic E-state index is 3.30. The van der Waals surface area contributed by atoms with Crippen molar-refractivity contribution < 1.29 is 0 Å². The van der Waals surface area contributed by atoms with Crippen LogP contribution in [-0.2, 0) is 0 Å². The van der Waals surface area contributed by atoms with Gasteiger partial charge in [0.15, 0.2) is 0 Å². The third kappa shape index (κ3) is 1.29. The van der Waals surface area contributed by atoms with Gasteiger partial charge in [0.05, 0.1) is 20.0 Å². The van der Waals surface area contributed by atoms with E-state index in [-0.39, 0.29) is 0 Å². The smallest absolute Gasteiger partial charge is 0.0530 e. The van der Waals surface area contributed by atoms with Crippen molar-refractivity contribution in [3.63, 3.8) is 0 Å². The predicted molar refractivity (Wildman–Crippen MR) is 39.2 cm³/mol. The van der Waals surface area contributed by atoms with Crippen molar-refractivity contribution in [2.24, 2.45) is 0 Å². The zero-order chi connectivity index (χ0) is 6.81. The van der Waals surface area contributed by atoms with Gasteiger partial charge in [0, 0.05) is 19.8 Å².